The zero-order valence-corrected chi connectivity index (χ0v) is 13.1. The maximum absolute atomic E-state index is 12.0. The van der Waals surface area contributed by atoms with Crippen molar-refractivity contribution in [2.24, 2.45) is 0 Å². The van der Waals surface area contributed by atoms with Gasteiger partial charge in [0.15, 0.2) is 0 Å². The van der Waals surface area contributed by atoms with Crippen LogP contribution >= 0.6 is 11.8 Å². The van der Waals surface area contributed by atoms with E-state index in [9.17, 15) is 14.4 Å². The van der Waals surface area contributed by atoms with Gasteiger partial charge in [0, 0.05) is 5.69 Å². The zero-order chi connectivity index (χ0) is 15.6. The van der Waals surface area contributed by atoms with Crippen molar-refractivity contribution in [2.75, 3.05) is 11.9 Å². The topological polar surface area (TPSA) is 66.5 Å². The lowest BCUT2D eigenvalue weighted by Crippen LogP contribution is -2.52. The predicted octanol–water partition coefficient (Wildman–Crippen LogP) is 1.81. The highest BCUT2D eigenvalue weighted by Gasteiger charge is 2.37. The Morgan fingerprint density at radius 1 is 1.24 bits per heavy atom. The highest BCUT2D eigenvalue weighted by atomic mass is 32.2. The molecule has 0 aliphatic carbocycles. The molecule has 112 valence electrons. The Bertz CT molecular complexity index is 568. The van der Waals surface area contributed by atoms with Crippen molar-refractivity contribution in [1.29, 1.82) is 0 Å². The number of rotatable bonds is 3. The Hall–Kier alpha value is -1.82. The molecule has 2 unspecified atom stereocenters. The lowest BCUT2D eigenvalue weighted by atomic mass is 10.2. The molecule has 1 aromatic rings. The maximum Gasteiger partial charge on any atom is 0.244 e. The van der Waals surface area contributed by atoms with Crippen LogP contribution in [0.1, 0.15) is 19.4 Å². The van der Waals surface area contributed by atoms with E-state index in [1.807, 2.05) is 25.1 Å². The Morgan fingerprint density at radius 3 is 2.43 bits per heavy atom. The van der Waals surface area contributed by atoms with Crippen molar-refractivity contribution >= 4 is 35.2 Å². The molecular weight excluding hydrogens is 288 g/mol. The first kappa shape index (κ1) is 15.6. The molecule has 1 aliphatic heterocycles. The van der Waals surface area contributed by atoms with Crippen LogP contribution in [0.2, 0.25) is 0 Å². The van der Waals surface area contributed by atoms with Crippen molar-refractivity contribution < 1.29 is 14.4 Å². The van der Waals surface area contributed by atoms with Gasteiger partial charge < -0.3 is 5.32 Å². The van der Waals surface area contributed by atoms with E-state index in [1.54, 1.807) is 19.9 Å². The number of benzene rings is 1. The number of hydrogen-bond acceptors (Lipinski definition) is 4. The normalized spacial score (nSPS) is 22.3. The summed E-state index contributed by atoms with van der Waals surface area (Å²) >= 11 is 1.32. The fourth-order valence-electron chi connectivity index (χ4n) is 2.19. The predicted molar refractivity (Wildman–Crippen MR) is 83.0 cm³/mol. The standard InChI is InChI=1S/C15H18N2O3S/c1-9-5-4-6-12(7-9)16-13(18)8-17-14(19)10(2)21-11(3)15(17)20/h4-7,10-11H,8H2,1-3H3,(H,16,18). The van der Waals surface area contributed by atoms with Crippen molar-refractivity contribution in [3.05, 3.63) is 29.8 Å². The molecule has 21 heavy (non-hydrogen) atoms. The summed E-state index contributed by atoms with van der Waals surface area (Å²) in [7, 11) is 0. The van der Waals surface area contributed by atoms with Gasteiger partial charge in [-0.15, -0.1) is 11.8 Å². The van der Waals surface area contributed by atoms with Gasteiger partial charge in [0.1, 0.15) is 6.54 Å². The first-order valence-corrected chi connectivity index (χ1v) is 7.70. The molecule has 1 fully saturated rings. The number of nitrogens with zero attached hydrogens (tertiary/aromatic N) is 1. The van der Waals surface area contributed by atoms with Crippen molar-refractivity contribution in [1.82, 2.24) is 4.90 Å². The molecule has 2 atom stereocenters. The van der Waals surface area contributed by atoms with Gasteiger partial charge in [0.2, 0.25) is 17.7 Å². The highest BCUT2D eigenvalue weighted by molar-refractivity contribution is 8.02. The summed E-state index contributed by atoms with van der Waals surface area (Å²) < 4.78 is 0. The molecule has 1 heterocycles. The van der Waals surface area contributed by atoms with E-state index in [0.717, 1.165) is 10.5 Å². The van der Waals surface area contributed by atoms with Gasteiger partial charge in [-0.05, 0) is 38.5 Å². The van der Waals surface area contributed by atoms with E-state index in [-0.39, 0.29) is 34.8 Å². The lowest BCUT2D eigenvalue weighted by Gasteiger charge is -2.31. The molecule has 6 heteroatoms. The van der Waals surface area contributed by atoms with Gasteiger partial charge in [-0.25, -0.2) is 0 Å². The van der Waals surface area contributed by atoms with E-state index in [4.69, 9.17) is 0 Å². The number of aryl methyl sites for hydroxylation is 1. The molecule has 0 bridgehead atoms. The summed E-state index contributed by atoms with van der Waals surface area (Å²) in [4.78, 5) is 37.1. The van der Waals surface area contributed by atoms with Crippen LogP contribution in [-0.4, -0.2) is 39.7 Å². The molecule has 5 nitrogen and oxygen atoms in total. The highest BCUT2D eigenvalue weighted by Crippen LogP contribution is 2.26. The number of imide groups is 1. The minimum atomic E-state index is -0.367. The third kappa shape index (κ3) is 3.64. The number of hydrogen-bond donors (Lipinski definition) is 1. The van der Waals surface area contributed by atoms with Crippen molar-refractivity contribution in [2.45, 2.75) is 31.3 Å². The van der Waals surface area contributed by atoms with E-state index in [2.05, 4.69) is 5.32 Å². The van der Waals surface area contributed by atoms with Crippen LogP contribution in [-0.2, 0) is 14.4 Å². The number of nitrogens with one attached hydrogen (secondary N) is 1. The van der Waals surface area contributed by atoms with E-state index < -0.39 is 0 Å². The summed E-state index contributed by atoms with van der Waals surface area (Å²) in [5.41, 5.74) is 1.68. The minimum Gasteiger partial charge on any atom is -0.325 e. The SMILES string of the molecule is Cc1cccc(NC(=O)CN2C(=O)C(C)SC(C)C2=O)c1. The largest absolute Gasteiger partial charge is 0.325 e. The molecular formula is C15H18N2O3S. The van der Waals surface area contributed by atoms with Gasteiger partial charge in [-0.1, -0.05) is 12.1 Å². The van der Waals surface area contributed by atoms with Crippen LogP contribution in [0, 0.1) is 6.92 Å². The monoisotopic (exact) mass is 306 g/mol. The summed E-state index contributed by atoms with van der Waals surface area (Å²) in [5.74, 6) is -0.974. The van der Waals surface area contributed by atoms with Gasteiger partial charge in [0.05, 0.1) is 10.5 Å². The molecule has 1 saturated heterocycles. The molecule has 1 N–H and O–H groups in total. The fourth-order valence-corrected chi connectivity index (χ4v) is 3.29. The Balaban J connectivity index is 2.04. The molecule has 0 aromatic heterocycles. The van der Waals surface area contributed by atoms with Crippen LogP contribution in [0.5, 0.6) is 0 Å². The fraction of sp³-hybridized carbons (Fsp3) is 0.400. The summed E-state index contributed by atoms with van der Waals surface area (Å²) in [6, 6.07) is 7.36. The van der Waals surface area contributed by atoms with Crippen LogP contribution in [0.15, 0.2) is 24.3 Å². The average molecular weight is 306 g/mol. The quantitative estimate of drug-likeness (QED) is 0.865. The first-order chi connectivity index (χ1) is 9.88. The van der Waals surface area contributed by atoms with Gasteiger partial charge in [-0.3, -0.25) is 19.3 Å². The maximum atomic E-state index is 12.0. The average Bonchev–Trinajstić information content (AvgIpc) is 2.41. The lowest BCUT2D eigenvalue weighted by molar-refractivity contribution is -0.147. The van der Waals surface area contributed by atoms with E-state index >= 15 is 0 Å². The second-order valence-electron chi connectivity index (χ2n) is 5.10. The van der Waals surface area contributed by atoms with Crippen LogP contribution in [0.25, 0.3) is 0 Å². The van der Waals surface area contributed by atoms with Gasteiger partial charge in [0.25, 0.3) is 0 Å². The zero-order valence-electron chi connectivity index (χ0n) is 12.3. The molecule has 3 amide bonds. The molecule has 1 aliphatic rings. The third-order valence-corrected chi connectivity index (χ3v) is 4.46. The third-order valence-electron chi connectivity index (χ3n) is 3.24. The summed E-state index contributed by atoms with van der Waals surface area (Å²) in [6.45, 7) is 5.19. The second kappa shape index (κ2) is 6.30. The van der Waals surface area contributed by atoms with Gasteiger partial charge >= 0.3 is 0 Å². The van der Waals surface area contributed by atoms with Crippen molar-refractivity contribution in [3.8, 4) is 0 Å². The molecule has 0 spiro atoms. The smallest absolute Gasteiger partial charge is 0.244 e. The van der Waals surface area contributed by atoms with Crippen LogP contribution in [0.3, 0.4) is 0 Å². The molecule has 1 aromatic carbocycles. The summed E-state index contributed by atoms with van der Waals surface area (Å²) in [5, 5.41) is 2.11. The number of thioether (sulfide) groups is 1. The second-order valence-corrected chi connectivity index (χ2v) is 6.79. The molecule has 2 rings (SSSR count). The number of amides is 3. The number of anilines is 1. The Labute approximate surface area is 128 Å². The number of carbonyl (C=O) groups is 3. The Morgan fingerprint density at radius 2 is 1.86 bits per heavy atom. The Kier molecular flexibility index (Phi) is 4.67. The van der Waals surface area contributed by atoms with Crippen LogP contribution in [0.4, 0.5) is 5.69 Å². The first-order valence-electron chi connectivity index (χ1n) is 6.75. The minimum absolute atomic E-state index is 0.235. The van der Waals surface area contributed by atoms with E-state index in [0.29, 0.717) is 5.69 Å². The van der Waals surface area contributed by atoms with Crippen molar-refractivity contribution in [3.63, 3.8) is 0 Å². The van der Waals surface area contributed by atoms with E-state index in [1.165, 1.54) is 11.8 Å². The number of carbonyl (C=O) groups excluding carboxylic acids is 3. The molecule has 0 saturated carbocycles. The molecule has 0 radical (unpaired) electrons. The van der Waals surface area contributed by atoms with Gasteiger partial charge in [-0.2, -0.15) is 0 Å². The summed E-state index contributed by atoms with van der Waals surface area (Å²) in [6.07, 6.45) is 0. The van der Waals surface area contributed by atoms with Crippen LogP contribution < -0.4 is 5.32 Å².